The van der Waals surface area contributed by atoms with Crippen LogP contribution in [0.15, 0.2) is 0 Å². The Morgan fingerprint density at radius 2 is 1.95 bits per heavy atom. The Bertz CT molecular complexity index is 332. The number of hydrogen-bond donors (Lipinski definition) is 1. The maximum absolute atomic E-state index is 5.92. The van der Waals surface area contributed by atoms with Crippen molar-refractivity contribution in [1.82, 2.24) is 10.2 Å². The highest BCUT2D eigenvalue weighted by Gasteiger charge is 2.50. The van der Waals surface area contributed by atoms with E-state index in [9.17, 15) is 0 Å². The van der Waals surface area contributed by atoms with Crippen LogP contribution in [0.2, 0.25) is 0 Å². The van der Waals surface area contributed by atoms with E-state index in [1.807, 2.05) is 0 Å². The van der Waals surface area contributed by atoms with Crippen molar-refractivity contribution in [3.63, 3.8) is 0 Å². The fourth-order valence-corrected chi connectivity index (χ4v) is 4.33. The summed E-state index contributed by atoms with van der Waals surface area (Å²) >= 11 is 0. The molecule has 2 saturated heterocycles. The van der Waals surface area contributed by atoms with Gasteiger partial charge in [-0.05, 0) is 51.4 Å². The molecule has 3 heteroatoms. The molecule has 0 bridgehead atoms. The zero-order chi connectivity index (χ0) is 14.2. The zero-order valence-electron chi connectivity index (χ0n) is 13.6. The molecule has 0 radical (unpaired) electrons. The number of hydrogen-bond acceptors (Lipinski definition) is 3. The smallest absolute Gasteiger partial charge is 0.0703 e. The second kappa shape index (κ2) is 5.58. The fraction of sp³-hybridized carbons (Fsp3) is 1.00. The van der Waals surface area contributed by atoms with Crippen molar-refractivity contribution in [2.45, 2.75) is 76.5 Å². The maximum atomic E-state index is 5.92. The van der Waals surface area contributed by atoms with Gasteiger partial charge in [-0.3, -0.25) is 4.90 Å². The molecule has 0 aromatic carbocycles. The van der Waals surface area contributed by atoms with Gasteiger partial charge in [-0.15, -0.1) is 0 Å². The summed E-state index contributed by atoms with van der Waals surface area (Å²) in [5.74, 6) is 0.904. The summed E-state index contributed by atoms with van der Waals surface area (Å²) in [6, 6.07) is 0. The highest BCUT2D eigenvalue weighted by atomic mass is 16.5. The second-order valence-corrected chi connectivity index (χ2v) is 7.49. The summed E-state index contributed by atoms with van der Waals surface area (Å²) in [5.41, 5.74) is 0.687. The number of nitrogens with one attached hydrogen (secondary N) is 1. The van der Waals surface area contributed by atoms with Gasteiger partial charge in [0.05, 0.1) is 6.10 Å². The van der Waals surface area contributed by atoms with Crippen LogP contribution in [0.1, 0.15) is 59.3 Å². The van der Waals surface area contributed by atoms with Gasteiger partial charge in [0.2, 0.25) is 0 Å². The topological polar surface area (TPSA) is 24.5 Å². The Morgan fingerprint density at radius 1 is 1.20 bits per heavy atom. The normalized spacial score (nSPS) is 38.2. The summed E-state index contributed by atoms with van der Waals surface area (Å²) in [4.78, 5) is 2.79. The molecule has 2 unspecified atom stereocenters. The predicted octanol–water partition coefficient (Wildman–Crippen LogP) is 2.80. The van der Waals surface area contributed by atoms with E-state index in [0.29, 0.717) is 17.2 Å². The van der Waals surface area contributed by atoms with Crippen LogP contribution in [0.3, 0.4) is 0 Å². The van der Waals surface area contributed by atoms with E-state index < -0.39 is 0 Å². The van der Waals surface area contributed by atoms with E-state index in [2.05, 4.69) is 31.0 Å². The lowest BCUT2D eigenvalue weighted by atomic mass is 9.81. The predicted molar refractivity (Wildman–Crippen MR) is 83.0 cm³/mol. The molecule has 3 aliphatic rings. The number of nitrogens with zero attached hydrogens (tertiary/aromatic N) is 1. The second-order valence-electron chi connectivity index (χ2n) is 7.49. The number of piperazine rings is 1. The Balaban J connectivity index is 1.74. The monoisotopic (exact) mass is 280 g/mol. The molecule has 2 heterocycles. The molecule has 1 saturated carbocycles. The largest absolute Gasteiger partial charge is 0.377 e. The van der Waals surface area contributed by atoms with Crippen LogP contribution in [-0.2, 0) is 4.74 Å². The van der Waals surface area contributed by atoms with Gasteiger partial charge in [0.15, 0.2) is 0 Å². The van der Waals surface area contributed by atoms with Crippen molar-refractivity contribution < 1.29 is 4.74 Å². The molecule has 2 aliphatic heterocycles. The van der Waals surface area contributed by atoms with E-state index in [1.165, 1.54) is 45.1 Å². The van der Waals surface area contributed by atoms with Gasteiger partial charge in [-0.25, -0.2) is 0 Å². The number of ether oxygens (including phenoxy) is 1. The quantitative estimate of drug-likeness (QED) is 0.838. The Morgan fingerprint density at radius 3 is 2.50 bits per heavy atom. The molecular formula is C17H32N2O. The minimum absolute atomic E-state index is 0.340. The van der Waals surface area contributed by atoms with Gasteiger partial charge in [0.1, 0.15) is 0 Å². The Labute approximate surface area is 124 Å². The average molecular weight is 280 g/mol. The molecule has 3 fully saturated rings. The van der Waals surface area contributed by atoms with E-state index >= 15 is 0 Å². The lowest BCUT2D eigenvalue weighted by Gasteiger charge is -2.54. The molecule has 0 aromatic heterocycles. The molecule has 2 atom stereocenters. The number of rotatable bonds is 5. The molecule has 20 heavy (non-hydrogen) atoms. The van der Waals surface area contributed by atoms with Crippen LogP contribution < -0.4 is 5.32 Å². The molecule has 1 N–H and O–H groups in total. The van der Waals surface area contributed by atoms with Crippen molar-refractivity contribution >= 4 is 0 Å². The summed E-state index contributed by atoms with van der Waals surface area (Å²) < 4.78 is 5.92. The molecular weight excluding hydrogens is 248 g/mol. The van der Waals surface area contributed by atoms with Crippen molar-refractivity contribution in [3.05, 3.63) is 0 Å². The van der Waals surface area contributed by atoms with Crippen LogP contribution in [-0.4, -0.2) is 48.3 Å². The van der Waals surface area contributed by atoms with Gasteiger partial charge in [-0.2, -0.15) is 0 Å². The van der Waals surface area contributed by atoms with Crippen LogP contribution in [0.25, 0.3) is 0 Å². The molecule has 116 valence electrons. The summed E-state index contributed by atoms with van der Waals surface area (Å²) in [7, 11) is 0. The molecule has 0 amide bonds. The third-order valence-electron chi connectivity index (χ3n) is 6.25. The van der Waals surface area contributed by atoms with E-state index in [-0.39, 0.29) is 0 Å². The highest BCUT2D eigenvalue weighted by Crippen LogP contribution is 2.43. The van der Waals surface area contributed by atoms with Crippen LogP contribution in [0.4, 0.5) is 0 Å². The average Bonchev–Trinajstić information content (AvgIpc) is 3.20. The van der Waals surface area contributed by atoms with Gasteiger partial charge in [0.25, 0.3) is 0 Å². The molecule has 1 aliphatic carbocycles. The van der Waals surface area contributed by atoms with Crippen LogP contribution in [0, 0.1) is 5.92 Å². The first-order valence-electron chi connectivity index (χ1n) is 8.73. The Hall–Kier alpha value is -0.120. The lowest BCUT2D eigenvalue weighted by molar-refractivity contribution is -0.0356. The van der Waals surface area contributed by atoms with Gasteiger partial charge in [-0.1, -0.05) is 13.8 Å². The molecule has 3 nitrogen and oxygen atoms in total. The van der Waals surface area contributed by atoms with Gasteiger partial charge >= 0.3 is 0 Å². The van der Waals surface area contributed by atoms with Gasteiger partial charge in [0, 0.05) is 37.3 Å². The Kier molecular flexibility index (Phi) is 4.13. The first-order valence-corrected chi connectivity index (χ1v) is 8.73. The van der Waals surface area contributed by atoms with Crippen molar-refractivity contribution in [3.8, 4) is 0 Å². The minimum Gasteiger partial charge on any atom is -0.377 e. The van der Waals surface area contributed by atoms with E-state index in [1.54, 1.807) is 0 Å². The third-order valence-corrected chi connectivity index (χ3v) is 6.25. The summed E-state index contributed by atoms with van der Waals surface area (Å²) in [6.45, 7) is 11.6. The highest BCUT2D eigenvalue weighted by molar-refractivity contribution is 5.08. The summed E-state index contributed by atoms with van der Waals surface area (Å²) in [5, 5.41) is 3.92. The third kappa shape index (κ3) is 2.65. The maximum Gasteiger partial charge on any atom is 0.0703 e. The molecule has 3 rings (SSSR count). The summed E-state index contributed by atoms with van der Waals surface area (Å²) in [6.07, 6.45) is 8.31. The van der Waals surface area contributed by atoms with Crippen molar-refractivity contribution in [2.24, 2.45) is 5.92 Å². The molecule has 0 spiro atoms. The van der Waals surface area contributed by atoms with Gasteiger partial charge < -0.3 is 10.1 Å². The zero-order valence-corrected chi connectivity index (χ0v) is 13.6. The standard InChI is InChI=1S/C17H32N2O/c1-4-17(5-2)12-18-16(3,14-8-9-14)13-19(17)11-15-7-6-10-20-15/h14-15,18H,4-13H2,1-3H3. The minimum atomic E-state index is 0.340. The first-order chi connectivity index (χ1) is 9.62. The van der Waals surface area contributed by atoms with E-state index in [4.69, 9.17) is 4.74 Å². The van der Waals surface area contributed by atoms with Crippen LogP contribution in [0.5, 0.6) is 0 Å². The lowest BCUT2D eigenvalue weighted by Crippen LogP contribution is -2.70. The first kappa shape index (κ1) is 14.8. The van der Waals surface area contributed by atoms with Crippen LogP contribution >= 0.6 is 0 Å². The van der Waals surface area contributed by atoms with Crippen molar-refractivity contribution in [2.75, 3.05) is 26.2 Å². The van der Waals surface area contributed by atoms with Crippen molar-refractivity contribution in [1.29, 1.82) is 0 Å². The van der Waals surface area contributed by atoms with E-state index in [0.717, 1.165) is 25.6 Å². The molecule has 0 aromatic rings. The SMILES string of the molecule is CCC1(CC)CNC(C)(C2CC2)CN1CC1CCCO1. The fourth-order valence-electron chi connectivity index (χ4n) is 4.33.